The van der Waals surface area contributed by atoms with Crippen LogP contribution >= 0.6 is 0 Å². The summed E-state index contributed by atoms with van der Waals surface area (Å²) < 4.78 is 0. The van der Waals surface area contributed by atoms with E-state index in [1.165, 1.54) is 38.5 Å². The largest absolute Gasteiger partial charge is 0.329 e. The van der Waals surface area contributed by atoms with E-state index < -0.39 is 0 Å². The highest BCUT2D eigenvalue weighted by Gasteiger charge is 2.55. The summed E-state index contributed by atoms with van der Waals surface area (Å²) in [5.74, 6) is 0. The zero-order valence-electron chi connectivity index (χ0n) is 7.63. The lowest BCUT2D eigenvalue weighted by atomic mass is 9.94. The molecule has 0 aromatic rings. The first-order valence-electron chi connectivity index (χ1n) is 5.34. The third-order valence-electron chi connectivity index (χ3n) is 4.43. The lowest BCUT2D eigenvalue weighted by Gasteiger charge is -2.33. The van der Waals surface area contributed by atoms with E-state index in [-0.39, 0.29) is 0 Å². The van der Waals surface area contributed by atoms with E-state index in [9.17, 15) is 0 Å². The van der Waals surface area contributed by atoms with Crippen molar-refractivity contribution in [3.8, 4) is 0 Å². The SMILES string of the molecule is NCC12CC[C@H]3CC[C@@H](CC1)N32. The molecular weight excluding hydrogens is 148 g/mol. The zero-order valence-corrected chi connectivity index (χ0v) is 7.63. The van der Waals surface area contributed by atoms with Gasteiger partial charge in [0.15, 0.2) is 0 Å². The van der Waals surface area contributed by atoms with Crippen molar-refractivity contribution >= 4 is 0 Å². The first kappa shape index (κ1) is 7.34. The number of nitrogens with zero attached hydrogens (tertiary/aromatic N) is 1. The van der Waals surface area contributed by atoms with Gasteiger partial charge in [-0.05, 0) is 38.5 Å². The van der Waals surface area contributed by atoms with Crippen LogP contribution in [0.5, 0.6) is 0 Å². The van der Waals surface area contributed by atoms with Crippen LogP contribution in [0.2, 0.25) is 0 Å². The fourth-order valence-corrected chi connectivity index (χ4v) is 3.87. The molecule has 0 saturated carbocycles. The number of nitrogens with two attached hydrogens (primary N) is 1. The summed E-state index contributed by atoms with van der Waals surface area (Å²) >= 11 is 0. The molecule has 12 heavy (non-hydrogen) atoms. The highest BCUT2D eigenvalue weighted by molar-refractivity contribution is 5.11. The van der Waals surface area contributed by atoms with Crippen LogP contribution in [0.15, 0.2) is 0 Å². The van der Waals surface area contributed by atoms with Gasteiger partial charge < -0.3 is 5.73 Å². The van der Waals surface area contributed by atoms with Crippen molar-refractivity contribution < 1.29 is 0 Å². The van der Waals surface area contributed by atoms with Gasteiger partial charge in [-0.2, -0.15) is 0 Å². The van der Waals surface area contributed by atoms with Crippen molar-refractivity contribution in [1.29, 1.82) is 0 Å². The van der Waals surface area contributed by atoms with E-state index in [1.54, 1.807) is 0 Å². The van der Waals surface area contributed by atoms with Gasteiger partial charge in [0, 0.05) is 24.2 Å². The van der Waals surface area contributed by atoms with Gasteiger partial charge in [0.1, 0.15) is 0 Å². The summed E-state index contributed by atoms with van der Waals surface area (Å²) in [7, 11) is 0. The molecule has 1 unspecified atom stereocenters. The monoisotopic (exact) mass is 166 g/mol. The van der Waals surface area contributed by atoms with E-state index in [0.29, 0.717) is 5.54 Å². The van der Waals surface area contributed by atoms with Crippen molar-refractivity contribution in [3.05, 3.63) is 0 Å². The summed E-state index contributed by atoms with van der Waals surface area (Å²) in [5, 5.41) is 0. The van der Waals surface area contributed by atoms with Gasteiger partial charge in [-0.15, -0.1) is 0 Å². The highest BCUT2D eigenvalue weighted by Crippen LogP contribution is 2.51. The van der Waals surface area contributed by atoms with Gasteiger partial charge in [-0.1, -0.05) is 0 Å². The summed E-state index contributed by atoms with van der Waals surface area (Å²) in [5.41, 5.74) is 6.38. The Hall–Kier alpha value is -0.0800. The van der Waals surface area contributed by atoms with Crippen molar-refractivity contribution in [2.24, 2.45) is 5.73 Å². The minimum Gasteiger partial charge on any atom is -0.329 e. The molecule has 0 amide bonds. The van der Waals surface area contributed by atoms with Crippen LogP contribution in [-0.2, 0) is 0 Å². The second-order valence-electron chi connectivity index (χ2n) is 4.80. The Kier molecular flexibility index (Phi) is 1.37. The van der Waals surface area contributed by atoms with E-state index >= 15 is 0 Å². The molecule has 0 bridgehead atoms. The maximum absolute atomic E-state index is 5.92. The van der Waals surface area contributed by atoms with Crippen LogP contribution in [0.25, 0.3) is 0 Å². The highest BCUT2D eigenvalue weighted by atomic mass is 15.3. The van der Waals surface area contributed by atoms with Gasteiger partial charge in [-0.25, -0.2) is 0 Å². The molecule has 3 heterocycles. The maximum atomic E-state index is 5.92. The van der Waals surface area contributed by atoms with E-state index in [1.807, 2.05) is 0 Å². The third-order valence-corrected chi connectivity index (χ3v) is 4.43. The van der Waals surface area contributed by atoms with Crippen LogP contribution in [0.3, 0.4) is 0 Å². The molecule has 0 aromatic heterocycles. The lowest BCUT2D eigenvalue weighted by molar-refractivity contribution is 0.153. The van der Waals surface area contributed by atoms with Crippen molar-refractivity contribution in [3.63, 3.8) is 0 Å². The molecule has 68 valence electrons. The van der Waals surface area contributed by atoms with Crippen molar-refractivity contribution in [2.75, 3.05) is 6.54 Å². The summed E-state index contributed by atoms with van der Waals surface area (Å²) in [6.45, 7) is 0.903. The fraction of sp³-hybridized carbons (Fsp3) is 1.00. The number of hydrogen-bond donors (Lipinski definition) is 1. The van der Waals surface area contributed by atoms with Gasteiger partial charge in [0.05, 0.1) is 0 Å². The van der Waals surface area contributed by atoms with Crippen molar-refractivity contribution in [2.45, 2.75) is 56.1 Å². The first-order valence-corrected chi connectivity index (χ1v) is 5.34. The molecule has 3 aliphatic rings. The van der Waals surface area contributed by atoms with Gasteiger partial charge >= 0.3 is 0 Å². The number of rotatable bonds is 1. The van der Waals surface area contributed by atoms with Gasteiger partial charge in [-0.3, -0.25) is 4.90 Å². The predicted molar refractivity (Wildman–Crippen MR) is 48.9 cm³/mol. The van der Waals surface area contributed by atoms with Crippen LogP contribution < -0.4 is 5.73 Å². The first-order chi connectivity index (χ1) is 5.86. The Morgan fingerprint density at radius 2 is 1.67 bits per heavy atom. The van der Waals surface area contributed by atoms with E-state index in [2.05, 4.69) is 4.90 Å². The average Bonchev–Trinajstić information content (AvgIpc) is 2.73. The molecular formula is C10H18N2. The molecule has 3 atom stereocenters. The molecule has 2 nitrogen and oxygen atoms in total. The third kappa shape index (κ3) is 0.686. The minimum absolute atomic E-state index is 0.464. The summed E-state index contributed by atoms with van der Waals surface area (Å²) in [6, 6.07) is 1.84. The second kappa shape index (κ2) is 2.24. The van der Waals surface area contributed by atoms with Crippen LogP contribution in [-0.4, -0.2) is 29.1 Å². The van der Waals surface area contributed by atoms with Crippen LogP contribution in [0.4, 0.5) is 0 Å². The quantitative estimate of drug-likeness (QED) is 0.632. The maximum Gasteiger partial charge on any atom is 0.0338 e. The molecule has 3 rings (SSSR count). The molecule has 0 aliphatic carbocycles. The molecule has 2 heteroatoms. The molecule has 3 fully saturated rings. The number of hydrogen-bond acceptors (Lipinski definition) is 2. The normalized spacial score (nSPS) is 51.8. The molecule has 0 radical (unpaired) electrons. The van der Waals surface area contributed by atoms with E-state index in [0.717, 1.165) is 18.6 Å². The Labute approximate surface area is 74.1 Å². The molecule has 0 aromatic carbocycles. The van der Waals surface area contributed by atoms with Gasteiger partial charge in [0.25, 0.3) is 0 Å². The zero-order chi connectivity index (χ0) is 8.18. The topological polar surface area (TPSA) is 29.3 Å². The minimum atomic E-state index is 0.464. The summed E-state index contributed by atoms with van der Waals surface area (Å²) in [4.78, 5) is 2.78. The smallest absolute Gasteiger partial charge is 0.0338 e. The Balaban J connectivity index is 1.96. The lowest BCUT2D eigenvalue weighted by Crippen LogP contribution is -2.47. The Bertz CT molecular complexity index is 186. The molecule has 3 saturated heterocycles. The van der Waals surface area contributed by atoms with Crippen LogP contribution in [0, 0.1) is 0 Å². The summed E-state index contributed by atoms with van der Waals surface area (Å²) in [6.07, 6.45) is 8.51. The van der Waals surface area contributed by atoms with E-state index in [4.69, 9.17) is 5.73 Å². The van der Waals surface area contributed by atoms with Crippen molar-refractivity contribution in [1.82, 2.24) is 4.90 Å². The second-order valence-corrected chi connectivity index (χ2v) is 4.80. The van der Waals surface area contributed by atoms with Gasteiger partial charge in [0.2, 0.25) is 0 Å². The Morgan fingerprint density at radius 1 is 1.08 bits per heavy atom. The average molecular weight is 166 g/mol. The molecule has 2 N–H and O–H groups in total. The Morgan fingerprint density at radius 3 is 2.17 bits per heavy atom. The van der Waals surface area contributed by atoms with Crippen LogP contribution in [0.1, 0.15) is 38.5 Å². The molecule has 0 spiro atoms. The standard InChI is InChI=1S/C10H18N2/c11-7-10-5-3-8-1-2-9(4-6-10)12(8)10/h8-9H,1-7,11H2/t8-,9+,10?. The molecule has 3 aliphatic heterocycles. The predicted octanol–water partition coefficient (Wildman–Crippen LogP) is 1.10. The fourth-order valence-electron chi connectivity index (χ4n) is 3.87.